The van der Waals surface area contributed by atoms with Gasteiger partial charge in [0.2, 0.25) is 0 Å². The van der Waals surface area contributed by atoms with Crippen LogP contribution < -0.4 is 5.32 Å². The molecule has 1 aromatic carbocycles. The monoisotopic (exact) mass is 278 g/mol. The molecule has 0 heterocycles. The van der Waals surface area contributed by atoms with E-state index in [9.17, 15) is 4.79 Å². The highest BCUT2D eigenvalue weighted by molar-refractivity contribution is 5.74. The first-order valence-electron chi connectivity index (χ1n) is 7.13. The number of carbonyl (C=O) groups is 1. The van der Waals surface area contributed by atoms with Gasteiger partial charge in [0.1, 0.15) is 0 Å². The number of likely N-dealkylation sites (N-methyl/N-ethyl adjacent to an activating group) is 1. The van der Waals surface area contributed by atoms with Crippen LogP contribution in [0.15, 0.2) is 30.3 Å². The zero-order valence-corrected chi connectivity index (χ0v) is 12.8. The van der Waals surface area contributed by atoms with E-state index in [1.807, 2.05) is 25.1 Å². The van der Waals surface area contributed by atoms with Crippen LogP contribution in [-0.4, -0.2) is 42.3 Å². The Morgan fingerprint density at radius 2 is 1.85 bits per heavy atom. The van der Waals surface area contributed by atoms with Crippen LogP contribution in [0.25, 0.3) is 0 Å². The first-order valence-corrected chi connectivity index (χ1v) is 7.13. The second-order valence-corrected chi connectivity index (χ2v) is 5.59. The summed E-state index contributed by atoms with van der Waals surface area (Å²) >= 11 is 0. The van der Waals surface area contributed by atoms with Crippen LogP contribution in [0.4, 0.5) is 4.79 Å². The van der Waals surface area contributed by atoms with Crippen LogP contribution in [0, 0.1) is 5.92 Å². The summed E-state index contributed by atoms with van der Waals surface area (Å²) < 4.78 is 0. The molecule has 2 unspecified atom stereocenters. The maximum atomic E-state index is 12.0. The van der Waals surface area contributed by atoms with E-state index >= 15 is 0 Å². The lowest BCUT2D eigenvalue weighted by Gasteiger charge is -2.26. The number of hydrogen-bond acceptors (Lipinski definition) is 2. The van der Waals surface area contributed by atoms with Gasteiger partial charge in [0.05, 0.1) is 12.6 Å². The van der Waals surface area contributed by atoms with Gasteiger partial charge in [-0.25, -0.2) is 4.79 Å². The summed E-state index contributed by atoms with van der Waals surface area (Å²) in [6.07, 6.45) is 0. The molecule has 0 bridgehead atoms. The van der Waals surface area contributed by atoms with Crippen LogP contribution in [0.2, 0.25) is 0 Å². The minimum absolute atomic E-state index is 0.0315. The van der Waals surface area contributed by atoms with Crippen LogP contribution in [-0.2, 0) is 0 Å². The lowest BCUT2D eigenvalue weighted by atomic mass is 9.88. The molecule has 0 aliphatic carbocycles. The summed E-state index contributed by atoms with van der Waals surface area (Å²) in [7, 11) is 1.70. The van der Waals surface area contributed by atoms with Gasteiger partial charge in [0.15, 0.2) is 0 Å². The van der Waals surface area contributed by atoms with Crippen LogP contribution in [0.1, 0.15) is 32.3 Å². The predicted octanol–water partition coefficient (Wildman–Crippen LogP) is 2.45. The second-order valence-electron chi connectivity index (χ2n) is 5.59. The number of carbonyl (C=O) groups excluding carboxylic acids is 1. The Kier molecular flexibility index (Phi) is 6.52. The minimum atomic E-state index is -0.177. The van der Waals surface area contributed by atoms with E-state index in [1.165, 1.54) is 10.5 Å². The molecule has 0 aliphatic heterocycles. The molecule has 0 aliphatic rings. The van der Waals surface area contributed by atoms with Gasteiger partial charge in [-0.3, -0.25) is 0 Å². The van der Waals surface area contributed by atoms with Crippen molar-refractivity contribution in [3.05, 3.63) is 35.9 Å². The molecule has 4 nitrogen and oxygen atoms in total. The first kappa shape index (κ1) is 16.5. The molecule has 1 rings (SSSR count). The van der Waals surface area contributed by atoms with Gasteiger partial charge < -0.3 is 15.3 Å². The normalized spacial score (nSPS) is 13.9. The number of urea groups is 1. The SMILES string of the molecule is CC(C)C(CNC(=O)N(C)C(C)CO)c1ccccc1. The van der Waals surface area contributed by atoms with E-state index < -0.39 is 0 Å². The standard InChI is InChI=1S/C16H26N2O2/c1-12(2)15(14-8-6-5-7-9-14)10-17-16(20)18(4)13(3)11-19/h5-9,12-13,15,19H,10-11H2,1-4H3,(H,17,20). The molecule has 2 N–H and O–H groups in total. The number of amides is 2. The van der Waals surface area contributed by atoms with E-state index in [-0.39, 0.29) is 24.6 Å². The molecular weight excluding hydrogens is 252 g/mol. The summed E-state index contributed by atoms with van der Waals surface area (Å²) in [5.41, 5.74) is 1.24. The van der Waals surface area contributed by atoms with Crippen LogP contribution in [0.5, 0.6) is 0 Å². The van der Waals surface area contributed by atoms with Crippen LogP contribution >= 0.6 is 0 Å². The number of benzene rings is 1. The van der Waals surface area contributed by atoms with Crippen molar-refractivity contribution in [1.29, 1.82) is 0 Å². The third-order valence-electron chi connectivity index (χ3n) is 3.75. The third kappa shape index (κ3) is 4.53. The minimum Gasteiger partial charge on any atom is -0.394 e. The molecule has 20 heavy (non-hydrogen) atoms. The lowest BCUT2D eigenvalue weighted by Crippen LogP contribution is -2.45. The molecule has 1 aromatic rings. The molecule has 0 saturated heterocycles. The highest BCUT2D eigenvalue weighted by atomic mass is 16.3. The van der Waals surface area contributed by atoms with Crippen molar-refractivity contribution in [3.8, 4) is 0 Å². The smallest absolute Gasteiger partial charge is 0.317 e. The fraction of sp³-hybridized carbons (Fsp3) is 0.562. The van der Waals surface area contributed by atoms with E-state index in [0.717, 1.165) is 0 Å². The maximum Gasteiger partial charge on any atom is 0.317 e. The molecule has 2 amide bonds. The van der Waals surface area contributed by atoms with Crippen molar-refractivity contribution in [3.63, 3.8) is 0 Å². The Labute approximate surface area is 121 Å². The number of nitrogens with zero attached hydrogens (tertiary/aromatic N) is 1. The quantitative estimate of drug-likeness (QED) is 0.840. The van der Waals surface area contributed by atoms with Crippen molar-refractivity contribution >= 4 is 6.03 Å². The Balaban J connectivity index is 2.63. The number of nitrogens with one attached hydrogen (secondary N) is 1. The number of aliphatic hydroxyl groups excluding tert-OH is 1. The van der Waals surface area contributed by atoms with E-state index in [4.69, 9.17) is 5.11 Å². The molecule has 112 valence electrons. The van der Waals surface area contributed by atoms with Crippen molar-refractivity contribution in [2.45, 2.75) is 32.7 Å². The van der Waals surface area contributed by atoms with Gasteiger partial charge in [-0.15, -0.1) is 0 Å². The van der Waals surface area contributed by atoms with E-state index in [0.29, 0.717) is 12.5 Å². The Bertz CT molecular complexity index is 406. The van der Waals surface area contributed by atoms with Crippen LogP contribution in [0.3, 0.4) is 0 Å². The Morgan fingerprint density at radius 3 is 2.35 bits per heavy atom. The second kappa shape index (κ2) is 7.90. The molecule has 0 radical (unpaired) electrons. The molecular formula is C16H26N2O2. The highest BCUT2D eigenvalue weighted by Gasteiger charge is 2.19. The highest BCUT2D eigenvalue weighted by Crippen LogP contribution is 2.23. The summed E-state index contributed by atoms with van der Waals surface area (Å²) in [6, 6.07) is 9.90. The fourth-order valence-electron chi connectivity index (χ4n) is 2.08. The molecule has 0 fully saturated rings. The fourth-order valence-corrected chi connectivity index (χ4v) is 2.08. The van der Waals surface area contributed by atoms with Gasteiger partial charge in [-0.1, -0.05) is 44.2 Å². The van der Waals surface area contributed by atoms with E-state index in [2.05, 4.69) is 31.3 Å². The average molecular weight is 278 g/mol. The van der Waals surface area contributed by atoms with Gasteiger partial charge in [0, 0.05) is 19.5 Å². The van der Waals surface area contributed by atoms with Crippen molar-refractivity contribution in [1.82, 2.24) is 10.2 Å². The summed E-state index contributed by atoms with van der Waals surface area (Å²) in [6.45, 7) is 6.70. The molecule has 2 atom stereocenters. The molecule has 0 spiro atoms. The largest absolute Gasteiger partial charge is 0.394 e. The summed E-state index contributed by atoms with van der Waals surface area (Å²) in [5, 5.41) is 12.0. The van der Waals surface area contributed by atoms with Gasteiger partial charge in [-0.05, 0) is 18.4 Å². The average Bonchev–Trinajstić information content (AvgIpc) is 2.46. The zero-order chi connectivity index (χ0) is 15.1. The first-order chi connectivity index (χ1) is 9.47. The van der Waals surface area contributed by atoms with Crippen molar-refractivity contribution in [2.75, 3.05) is 20.2 Å². The molecule has 0 aromatic heterocycles. The topological polar surface area (TPSA) is 52.6 Å². The summed E-state index contributed by atoms with van der Waals surface area (Å²) in [4.78, 5) is 13.5. The van der Waals surface area contributed by atoms with Crippen molar-refractivity contribution < 1.29 is 9.90 Å². The maximum absolute atomic E-state index is 12.0. The number of rotatable bonds is 6. The lowest BCUT2D eigenvalue weighted by molar-refractivity contribution is 0.156. The molecule has 0 saturated carbocycles. The van der Waals surface area contributed by atoms with Crippen molar-refractivity contribution in [2.24, 2.45) is 5.92 Å². The number of aliphatic hydroxyl groups is 1. The molecule has 4 heteroatoms. The number of hydrogen-bond donors (Lipinski definition) is 2. The zero-order valence-electron chi connectivity index (χ0n) is 12.8. The van der Waals surface area contributed by atoms with Gasteiger partial charge in [-0.2, -0.15) is 0 Å². The predicted molar refractivity (Wildman–Crippen MR) is 81.7 cm³/mol. The van der Waals surface area contributed by atoms with Gasteiger partial charge >= 0.3 is 6.03 Å². The Hall–Kier alpha value is -1.55. The Morgan fingerprint density at radius 1 is 1.25 bits per heavy atom. The van der Waals surface area contributed by atoms with Gasteiger partial charge in [0.25, 0.3) is 0 Å². The van der Waals surface area contributed by atoms with E-state index in [1.54, 1.807) is 7.05 Å². The summed E-state index contributed by atoms with van der Waals surface area (Å²) in [5.74, 6) is 0.733. The third-order valence-corrected chi connectivity index (χ3v) is 3.75.